The van der Waals surface area contributed by atoms with Gasteiger partial charge in [0.05, 0.1) is 19.8 Å². The van der Waals surface area contributed by atoms with Crippen LogP contribution in [0.2, 0.25) is 0 Å². The molecule has 1 aromatic rings. The fourth-order valence-corrected chi connectivity index (χ4v) is 4.57. The third-order valence-corrected chi connectivity index (χ3v) is 7.02. The number of carbonyl (C=O) groups excluding carboxylic acids is 2. The standard InChI is InChI=1S/C29H51N3O6/c1-18(2)22(14-21-9-10-26(37-7)27(15-21)38-12-8-11-36-6)16-24(30)25(33)17-23(19(3)4)29(35)32-20(5)13-28(31)34/h9-10,15,18-20,22-25,33H,8,11-14,16-17,30H2,1-7H3,(H2,31,34)(H,32,35)/t20-,22+,23+,24+,25+/m1/s1. The van der Waals surface area contributed by atoms with Crippen LogP contribution in [-0.4, -0.2) is 62.5 Å². The lowest BCUT2D eigenvalue weighted by Crippen LogP contribution is -2.45. The van der Waals surface area contributed by atoms with Gasteiger partial charge >= 0.3 is 0 Å². The molecule has 1 aromatic carbocycles. The molecule has 5 atom stereocenters. The maximum Gasteiger partial charge on any atom is 0.223 e. The van der Waals surface area contributed by atoms with Crippen molar-refractivity contribution in [3.05, 3.63) is 23.8 Å². The van der Waals surface area contributed by atoms with Gasteiger partial charge in [-0.25, -0.2) is 0 Å². The van der Waals surface area contributed by atoms with E-state index in [-0.39, 0.29) is 36.6 Å². The van der Waals surface area contributed by atoms with Crippen molar-refractivity contribution in [3.8, 4) is 11.5 Å². The number of amides is 2. The predicted molar refractivity (Wildman–Crippen MR) is 150 cm³/mol. The second-order valence-electron chi connectivity index (χ2n) is 11.0. The van der Waals surface area contributed by atoms with E-state index in [1.54, 1.807) is 21.1 Å². The zero-order valence-corrected chi connectivity index (χ0v) is 24.4. The van der Waals surface area contributed by atoms with Gasteiger partial charge in [0, 0.05) is 44.6 Å². The Kier molecular flexibility index (Phi) is 15.3. The van der Waals surface area contributed by atoms with Crippen LogP contribution >= 0.6 is 0 Å². The third kappa shape index (κ3) is 12.0. The Morgan fingerprint density at radius 1 is 1.00 bits per heavy atom. The van der Waals surface area contributed by atoms with Crippen molar-refractivity contribution in [1.82, 2.24) is 5.32 Å². The number of nitrogens with one attached hydrogen (secondary N) is 1. The minimum absolute atomic E-state index is 0.000123. The first-order valence-corrected chi connectivity index (χ1v) is 13.7. The van der Waals surface area contributed by atoms with E-state index in [2.05, 4.69) is 19.2 Å². The molecule has 1 rings (SSSR count). The molecule has 9 nitrogen and oxygen atoms in total. The summed E-state index contributed by atoms with van der Waals surface area (Å²) in [5.74, 6) is 0.839. The van der Waals surface area contributed by atoms with E-state index in [0.29, 0.717) is 37.1 Å². The maximum absolute atomic E-state index is 12.9. The number of benzene rings is 1. The molecule has 218 valence electrons. The van der Waals surface area contributed by atoms with Crippen molar-refractivity contribution < 1.29 is 28.9 Å². The Balaban J connectivity index is 2.86. The number of ether oxygens (including phenoxy) is 3. The Hall–Kier alpha value is -2.36. The van der Waals surface area contributed by atoms with Crippen molar-refractivity contribution >= 4 is 11.8 Å². The summed E-state index contributed by atoms with van der Waals surface area (Å²) in [5.41, 5.74) is 12.8. The smallest absolute Gasteiger partial charge is 0.223 e. The molecule has 0 radical (unpaired) electrons. The second-order valence-corrected chi connectivity index (χ2v) is 11.0. The van der Waals surface area contributed by atoms with Gasteiger partial charge in [0.25, 0.3) is 0 Å². The topological polar surface area (TPSA) is 146 Å². The van der Waals surface area contributed by atoms with Crippen molar-refractivity contribution in [2.24, 2.45) is 35.1 Å². The Morgan fingerprint density at radius 3 is 2.24 bits per heavy atom. The number of methoxy groups -OCH3 is 2. The lowest BCUT2D eigenvalue weighted by atomic mass is 9.80. The lowest BCUT2D eigenvalue weighted by Gasteiger charge is -2.30. The zero-order chi connectivity index (χ0) is 28.8. The van der Waals surface area contributed by atoms with Gasteiger partial charge in [0.2, 0.25) is 11.8 Å². The van der Waals surface area contributed by atoms with Gasteiger partial charge in [-0.3, -0.25) is 9.59 Å². The number of hydrogen-bond acceptors (Lipinski definition) is 7. The summed E-state index contributed by atoms with van der Waals surface area (Å²) in [4.78, 5) is 24.0. The number of rotatable bonds is 19. The molecule has 0 saturated heterocycles. The molecule has 0 bridgehead atoms. The molecule has 0 unspecified atom stereocenters. The highest BCUT2D eigenvalue weighted by atomic mass is 16.5. The van der Waals surface area contributed by atoms with Gasteiger partial charge in [0.1, 0.15) is 0 Å². The minimum Gasteiger partial charge on any atom is -0.493 e. The summed E-state index contributed by atoms with van der Waals surface area (Å²) in [6.45, 7) is 11.1. The minimum atomic E-state index is -0.837. The quantitative estimate of drug-likeness (QED) is 0.198. The second kappa shape index (κ2) is 17.3. The summed E-state index contributed by atoms with van der Waals surface area (Å²) >= 11 is 0. The first-order chi connectivity index (χ1) is 17.9. The largest absolute Gasteiger partial charge is 0.493 e. The number of aliphatic hydroxyl groups is 1. The maximum atomic E-state index is 12.9. The highest BCUT2D eigenvalue weighted by Gasteiger charge is 2.30. The zero-order valence-electron chi connectivity index (χ0n) is 24.4. The number of carbonyl (C=O) groups is 2. The molecule has 0 aliphatic heterocycles. The highest BCUT2D eigenvalue weighted by molar-refractivity contribution is 5.80. The van der Waals surface area contributed by atoms with Crippen LogP contribution in [0, 0.1) is 23.7 Å². The number of nitrogens with two attached hydrogens (primary N) is 2. The van der Waals surface area contributed by atoms with E-state index in [0.717, 1.165) is 18.4 Å². The van der Waals surface area contributed by atoms with E-state index >= 15 is 0 Å². The molecular formula is C29H51N3O6. The molecule has 38 heavy (non-hydrogen) atoms. The van der Waals surface area contributed by atoms with E-state index in [4.69, 9.17) is 25.7 Å². The first kappa shape index (κ1) is 33.7. The third-order valence-electron chi connectivity index (χ3n) is 7.02. The lowest BCUT2D eigenvalue weighted by molar-refractivity contribution is -0.128. The van der Waals surface area contributed by atoms with Crippen LogP contribution in [0.3, 0.4) is 0 Å². The van der Waals surface area contributed by atoms with Crippen molar-refractivity contribution in [1.29, 1.82) is 0 Å². The van der Waals surface area contributed by atoms with Gasteiger partial charge < -0.3 is 36.1 Å². The van der Waals surface area contributed by atoms with Gasteiger partial charge in [-0.15, -0.1) is 0 Å². The van der Waals surface area contributed by atoms with Crippen LogP contribution in [0.4, 0.5) is 0 Å². The van der Waals surface area contributed by atoms with Gasteiger partial charge in [-0.1, -0.05) is 33.8 Å². The molecule has 0 heterocycles. The number of aliphatic hydroxyl groups excluding tert-OH is 1. The molecule has 0 aliphatic rings. The molecular weight excluding hydrogens is 486 g/mol. The molecule has 0 fully saturated rings. The number of hydrogen-bond donors (Lipinski definition) is 4. The normalized spacial score (nSPS) is 15.6. The molecule has 2 amide bonds. The first-order valence-electron chi connectivity index (χ1n) is 13.7. The summed E-state index contributed by atoms with van der Waals surface area (Å²) < 4.78 is 16.5. The van der Waals surface area contributed by atoms with Crippen LogP contribution in [0.5, 0.6) is 11.5 Å². The van der Waals surface area contributed by atoms with Gasteiger partial charge in [-0.05, 0) is 61.6 Å². The van der Waals surface area contributed by atoms with Crippen molar-refractivity contribution in [2.45, 2.75) is 84.9 Å². The van der Waals surface area contributed by atoms with Crippen molar-refractivity contribution in [3.63, 3.8) is 0 Å². The molecule has 0 aliphatic carbocycles. The molecule has 0 aromatic heterocycles. The Morgan fingerprint density at radius 2 is 1.68 bits per heavy atom. The van der Waals surface area contributed by atoms with E-state index < -0.39 is 24.0 Å². The Bertz CT molecular complexity index is 848. The Labute approximate surface area is 229 Å². The van der Waals surface area contributed by atoms with Gasteiger partial charge in [-0.2, -0.15) is 0 Å². The molecule has 9 heteroatoms. The summed E-state index contributed by atoms with van der Waals surface area (Å²) in [7, 11) is 3.29. The van der Waals surface area contributed by atoms with Crippen LogP contribution < -0.4 is 26.3 Å². The monoisotopic (exact) mass is 537 g/mol. The average Bonchev–Trinajstić information content (AvgIpc) is 2.83. The van der Waals surface area contributed by atoms with Crippen molar-refractivity contribution in [2.75, 3.05) is 27.4 Å². The number of primary amides is 1. The van der Waals surface area contributed by atoms with E-state index in [1.165, 1.54) is 0 Å². The summed E-state index contributed by atoms with van der Waals surface area (Å²) in [6.07, 6.45) is 1.65. The SMILES string of the molecule is COCCCOc1cc(C[C@@H](C[C@H](N)[C@@H](O)C[C@H](C(=O)N[C@H](C)CC(N)=O)C(C)C)C(C)C)ccc1OC. The van der Waals surface area contributed by atoms with Crippen LogP contribution in [0.1, 0.15) is 65.9 Å². The fourth-order valence-electron chi connectivity index (χ4n) is 4.57. The molecule has 6 N–H and O–H groups in total. The van der Waals surface area contributed by atoms with Crippen LogP contribution in [0.25, 0.3) is 0 Å². The molecule has 0 spiro atoms. The van der Waals surface area contributed by atoms with Gasteiger partial charge in [0.15, 0.2) is 11.5 Å². The van der Waals surface area contributed by atoms with Crippen LogP contribution in [0.15, 0.2) is 18.2 Å². The summed E-state index contributed by atoms with van der Waals surface area (Å²) in [5, 5.41) is 13.8. The van der Waals surface area contributed by atoms with E-state index in [9.17, 15) is 14.7 Å². The van der Waals surface area contributed by atoms with Crippen LogP contribution in [-0.2, 0) is 20.7 Å². The molecule has 0 saturated carbocycles. The summed E-state index contributed by atoms with van der Waals surface area (Å²) in [6, 6.07) is 5.11. The average molecular weight is 538 g/mol. The van der Waals surface area contributed by atoms with E-state index in [1.807, 2.05) is 32.0 Å². The highest BCUT2D eigenvalue weighted by Crippen LogP contribution is 2.31. The predicted octanol–water partition coefficient (Wildman–Crippen LogP) is 3.05. The fraction of sp³-hybridized carbons (Fsp3) is 0.724.